The Hall–Kier alpha value is -3.02. The number of aryl methyl sites for hydroxylation is 1. The summed E-state index contributed by atoms with van der Waals surface area (Å²) in [5.41, 5.74) is 0.236. The summed E-state index contributed by atoms with van der Waals surface area (Å²) in [6.07, 6.45) is -8.69. The molecule has 0 N–H and O–H groups in total. The molecule has 0 amide bonds. The van der Waals surface area contributed by atoms with Gasteiger partial charge in [0.25, 0.3) is 5.09 Å². The molecule has 9 nitrogen and oxygen atoms in total. The van der Waals surface area contributed by atoms with E-state index >= 15 is 0 Å². The maximum Gasteiger partial charge on any atom is 0.430 e. The first-order valence-electron chi connectivity index (χ1n) is 8.73. The number of carbonyl (C=O) groups excluding carboxylic acids is 2. The van der Waals surface area contributed by atoms with Crippen LogP contribution < -0.4 is 4.74 Å². The number of halogens is 4. The molecule has 1 unspecified atom stereocenters. The highest BCUT2D eigenvalue weighted by Gasteiger charge is 2.49. The van der Waals surface area contributed by atoms with E-state index < -0.39 is 54.2 Å². The number of rotatable bonds is 7. The maximum absolute atomic E-state index is 13.5. The summed E-state index contributed by atoms with van der Waals surface area (Å²) in [7, 11) is 0. The van der Waals surface area contributed by atoms with Gasteiger partial charge >= 0.3 is 18.1 Å². The topological polar surface area (TPSA) is 114 Å². The Morgan fingerprint density at radius 1 is 1.32 bits per heavy atom. The molecule has 0 aliphatic carbocycles. The molecule has 0 bridgehead atoms. The lowest BCUT2D eigenvalue weighted by Crippen LogP contribution is -2.41. The molecular formula is C18H17ClF3NO8. The van der Waals surface area contributed by atoms with Gasteiger partial charge in [0.1, 0.15) is 12.4 Å². The first-order chi connectivity index (χ1) is 14.3. The Morgan fingerprint density at radius 2 is 1.97 bits per heavy atom. The zero-order valence-corrected chi connectivity index (χ0v) is 17.2. The molecule has 1 heterocycles. The molecule has 0 spiro atoms. The van der Waals surface area contributed by atoms with Crippen molar-refractivity contribution >= 4 is 29.6 Å². The molecule has 0 radical (unpaired) electrons. The molecular weight excluding hydrogens is 451 g/mol. The number of fused-ring (bicyclic) bond motifs is 1. The second kappa shape index (κ2) is 9.41. The minimum absolute atomic E-state index is 0.0939. The Balaban J connectivity index is 2.21. The predicted molar refractivity (Wildman–Crippen MR) is 98.6 cm³/mol. The maximum atomic E-state index is 13.5. The van der Waals surface area contributed by atoms with E-state index in [0.717, 1.165) is 13.0 Å². The van der Waals surface area contributed by atoms with E-state index in [1.165, 1.54) is 6.07 Å². The van der Waals surface area contributed by atoms with Crippen molar-refractivity contribution in [3.8, 4) is 5.75 Å². The van der Waals surface area contributed by atoms with Crippen molar-refractivity contribution in [3.63, 3.8) is 0 Å². The van der Waals surface area contributed by atoms with Crippen molar-refractivity contribution in [2.24, 2.45) is 0 Å². The summed E-state index contributed by atoms with van der Waals surface area (Å²) in [5.74, 6) is -2.54. The molecule has 31 heavy (non-hydrogen) atoms. The van der Waals surface area contributed by atoms with Gasteiger partial charge in [0, 0.05) is 17.5 Å². The fraction of sp³-hybridized carbons (Fsp3) is 0.444. The molecule has 0 saturated carbocycles. The summed E-state index contributed by atoms with van der Waals surface area (Å²) in [6, 6.07) is 1.33. The van der Waals surface area contributed by atoms with Crippen molar-refractivity contribution in [3.05, 3.63) is 43.5 Å². The van der Waals surface area contributed by atoms with Gasteiger partial charge in [-0.05, 0) is 37.1 Å². The fourth-order valence-corrected chi connectivity index (χ4v) is 2.89. The average Bonchev–Trinajstić information content (AvgIpc) is 2.64. The molecule has 13 heteroatoms. The Morgan fingerprint density at radius 3 is 2.55 bits per heavy atom. The molecule has 1 aromatic carbocycles. The van der Waals surface area contributed by atoms with Gasteiger partial charge in [-0.15, -0.1) is 10.1 Å². The van der Waals surface area contributed by atoms with Crippen LogP contribution in [0, 0.1) is 24.0 Å². The number of hydrogen-bond acceptors (Lipinski definition) is 8. The van der Waals surface area contributed by atoms with Crippen molar-refractivity contribution in [1.29, 1.82) is 0 Å². The number of esters is 2. The van der Waals surface area contributed by atoms with Crippen LogP contribution in [-0.2, 0) is 23.9 Å². The monoisotopic (exact) mass is 467 g/mol. The van der Waals surface area contributed by atoms with E-state index in [2.05, 4.69) is 9.57 Å². The van der Waals surface area contributed by atoms with Gasteiger partial charge in [0.15, 0.2) is 0 Å². The van der Waals surface area contributed by atoms with Crippen LogP contribution in [0.2, 0.25) is 5.02 Å². The molecule has 1 aliphatic rings. The van der Waals surface area contributed by atoms with Gasteiger partial charge in [-0.25, -0.2) is 4.79 Å². The number of ether oxygens (including phenoxy) is 3. The lowest BCUT2D eigenvalue weighted by Gasteiger charge is -2.29. The average molecular weight is 468 g/mol. The first kappa shape index (κ1) is 24.3. The molecule has 170 valence electrons. The van der Waals surface area contributed by atoms with Crippen LogP contribution in [0.3, 0.4) is 0 Å². The lowest BCUT2D eigenvalue weighted by molar-refractivity contribution is -0.757. The number of nitrogens with zero attached hydrogens (tertiary/aromatic N) is 1. The van der Waals surface area contributed by atoms with Gasteiger partial charge in [-0.1, -0.05) is 11.6 Å². The molecule has 0 aromatic heterocycles. The smallest absolute Gasteiger partial charge is 0.430 e. The molecule has 2 rings (SSSR count). The van der Waals surface area contributed by atoms with Crippen LogP contribution in [0.15, 0.2) is 11.6 Å². The number of hydrogen-bond donors (Lipinski definition) is 0. The van der Waals surface area contributed by atoms with Crippen LogP contribution in [0.1, 0.15) is 30.0 Å². The molecule has 0 fully saturated rings. The Labute approximate surface area is 178 Å². The Bertz CT molecular complexity index is 931. The number of carbonyl (C=O) groups is 2. The Kier molecular flexibility index (Phi) is 7.37. The van der Waals surface area contributed by atoms with Crippen molar-refractivity contribution in [1.82, 2.24) is 0 Å². The summed E-state index contributed by atoms with van der Waals surface area (Å²) >= 11 is 6.14. The highest BCUT2D eigenvalue weighted by molar-refractivity contribution is 6.32. The van der Waals surface area contributed by atoms with Gasteiger partial charge in [0.2, 0.25) is 12.4 Å². The van der Waals surface area contributed by atoms with E-state index in [1.807, 2.05) is 0 Å². The normalized spacial score (nSPS) is 16.4. The second-order valence-corrected chi connectivity index (χ2v) is 6.83. The van der Waals surface area contributed by atoms with Crippen LogP contribution >= 0.6 is 11.6 Å². The van der Waals surface area contributed by atoms with Crippen molar-refractivity contribution < 1.29 is 46.9 Å². The molecule has 0 saturated heterocycles. The van der Waals surface area contributed by atoms with Crippen molar-refractivity contribution in [2.45, 2.75) is 45.8 Å². The van der Waals surface area contributed by atoms with Gasteiger partial charge < -0.3 is 19.0 Å². The van der Waals surface area contributed by atoms with E-state index in [4.69, 9.17) is 21.1 Å². The zero-order valence-electron chi connectivity index (χ0n) is 16.4. The highest BCUT2D eigenvalue weighted by atomic mass is 35.5. The third-order valence-corrected chi connectivity index (χ3v) is 4.71. The molecule has 1 aromatic rings. The van der Waals surface area contributed by atoms with E-state index in [1.54, 1.807) is 13.8 Å². The highest BCUT2D eigenvalue weighted by Crippen LogP contribution is 2.41. The fourth-order valence-electron chi connectivity index (χ4n) is 2.73. The minimum Gasteiger partial charge on any atom is -0.475 e. The summed E-state index contributed by atoms with van der Waals surface area (Å²) in [6.45, 7) is 3.65. The summed E-state index contributed by atoms with van der Waals surface area (Å²) < 4.78 is 55.1. The summed E-state index contributed by atoms with van der Waals surface area (Å²) in [4.78, 5) is 37.9. The standard InChI is InChI=1S/C18H17ClF3NO8/c1-8-6-13-11(9(2)15(8)19)7-12(16(31-13)18(20,21)22)17(25)30-10(3)29-14(24)4-5-28-23(26)27/h6-7,10,16H,4-5H2,1-3H3/t10-,16?/m0/s1. The van der Waals surface area contributed by atoms with Crippen LogP contribution in [0.4, 0.5) is 13.2 Å². The zero-order chi connectivity index (χ0) is 23.5. The second-order valence-electron chi connectivity index (χ2n) is 6.45. The summed E-state index contributed by atoms with van der Waals surface area (Å²) in [5, 5.41) is 9.22. The van der Waals surface area contributed by atoms with E-state index in [-0.39, 0.29) is 11.3 Å². The van der Waals surface area contributed by atoms with Gasteiger partial charge in [-0.3, -0.25) is 4.79 Å². The van der Waals surface area contributed by atoms with Crippen LogP contribution in [0.5, 0.6) is 5.75 Å². The molecule has 1 aliphatic heterocycles. The van der Waals surface area contributed by atoms with Crippen molar-refractivity contribution in [2.75, 3.05) is 6.61 Å². The quantitative estimate of drug-likeness (QED) is 0.258. The SMILES string of the molecule is Cc1cc2c(c(C)c1Cl)C=C(C(=O)O[C@@H](C)OC(=O)CCO[N+](=O)[O-])C(C(F)(F)F)O2. The van der Waals surface area contributed by atoms with Crippen LogP contribution in [-0.4, -0.2) is 42.2 Å². The van der Waals surface area contributed by atoms with Crippen LogP contribution in [0.25, 0.3) is 6.08 Å². The molecule has 2 atom stereocenters. The number of benzene rings is 1. The third-order valence-electron chi connectivity index (χ3n) is 4.13. The van der Waals surface area contributed by atoms with Gasteiger partial charge in [-0.2, -0.15) is 13.2 Å². The van der Waals surface area contributed by atoms with E-state index in [9.17, 15) is 32.9 Å². The largest absolute Gasteiger partial charge is 0.475 e. The lowest BCUT2D eigenvalue weighted by atomic mass is 9.96. The first-order valence-corrected chi connectivity index (χ1v) is 9.11. The number of alkyl halides is 3. The third kappa shape index (κ3) is 6.00. The van der Waals surface area contributed by atoms with E-state index in [0.29, 0.717) is 16.1 Å². The minimum atomic E-state index is -4.94. The van der Waals surface area contributed by atoms with Gasteiger partial charge in [0.05, 0.1) is 12.0 Å². The predicted octanol–water partition coefficient (Wildman–Crippen LogP) is 3.69.